The molecule has 0 aromatic carbocycles. The smallest absolute Gasteiger partial charge is 0.408 e. The van der Waals surface area contributed by atoms with Crippen molar-refractivity contribution in [3.63, 3.8) is 0 Å². The van der Waals surface area contributed by atoms with E-state index in [1.807, 2.05) is 6.92 Å². The molecule has 0 aromatic rings. The van der Waals surface area contributed by atoms with Crippen LogP contribution in [0.4, 0.5) is 4.79 Å². The first kappa shape index (κ1) is 13.4. The summed E-state index contributed by atoms with van der Waals surface area (Å²) >= 11 is 0. The van der Waals surface area contributed by atoms with Crippen molar-refractivity contribution in [1.82, 2.24) is 5.32 Å². The zero-order valence-corrected chi connectivity index (χ0v) is 10.2. The molecule has 0 aromatic heterocycles. The van der Waals surface area contributed by atoms with Crippen molar-refractivity contribution in [2.45, 2.75) is 45.1 Å². The molecule has 4 nitrogen and oxygen atoms in total. The maximum absolute atomic E-state index is 11.3. The van der Waals surface area contributed by atoms with E-state index in [0.29, 0.717) is 6.42 Å². The minimum absolute atomic E-state index is 0.329. The molecule has 0 fully saturated rings. The number of alkyl carbamates (subject to hydrolysis) is 1. The van der Waals surface area contributed by atoms with Crippen LogP contribution >= 0.6 is 0 Å². The average molecular weight is 221 g/mol. The highest BCUT2D eigenvalue weighted by Gasteiger charge is 2.19. The van der Waals surface area contributed by atoms with Crippen LogP contribution in [-0.2, 0) is 15.5 Å². The predicted molar refractivity (Wildman–Crippen MR) is 57.5 cm³/mol. The first-order valence-electron chi connectivity index (χ1n) is 4.58. The van der Waals surface area contributed by atoms with Crippen molar-refractivity contribution >= 4 is 16.9 Å². The number of nitrogens with one attached hydrogen (secondary N) is 1. The Bertz CT molecular complexity index is 223. The Morgan fingerprint density at radius 2 is 2.00 bits per heavy atom. The van der Waals surface area contributed by atoms with Gasteiger partial charge in [-0.05, 0) is 27.2 Å². The van der Waals surface area contributed by atoms with Crippen LogP contribution in [0.2, 0.25) is 0 Å². The number of hydrogen-bond acceptors (Lipinski definition) is 3. The molecule has 0 aliphatic carbocycles. The van der Waals surface area contributed by atoms with Gasteiger partial charge in [-0.25, -0.2) is 4.79 Å². The second-order valence-electron chi connectivity index (χ2n) is 4.04. The number of amides is 1. The lowest BCUT2D eigenvalue weighted by atomic mass is 10.2. The molecule has 0 saturated heterocycles. The lowest BCUT2D eigenvalue weighted by Crippen LogP contribution is -2.40. The summed E-state index contributed by atoms with van der Waals surface area (Å²) in [7, 11) is -1.06. The van der Waals surface area contributed by atoms with E-state index in [1.54, 1.807) is 27.0 Å². The Balaban J connectivity index is 4.11. The summed E-state index contributed by atoms with van der Waals surface area (Å²) in [6.07, 6.45) is 1.67. The molecule has 84 valence electrons. The van der Waals surface area contributed by atoms with Crippen LogP contribution in [0, 0.1) is 0 Å². The van der Waals surface area contributed by atoms with Crippen molar-refractivity contribution < 1.29 is 13.7 Å². The van der Waals surface area contributed by atoms with Gasteiger partial charge in [0, 0.05) is 17.1 Å². The highest BCUT2D eigenvalue weighted by Crippen LogP contribution is 2.07. The number of carbonyl (C=O) groups is 1. The molecule has 2 atom stereocenters. The van der Waals surface area contributed by atoms with Crippen LogP contribution in [0.3, 0.4) is 0 Å². The van der Waals surface area contributed by atoms with E-state index in [4.69, 9.17) is 4.74 Å². The molecular formula is C9H19NO3S. The molecule has 0 radical (unpaired) electrons. The van der Waals surface area contributed by atoms with Crippen LogP contribution in [0.1, 0.15) is 34.1 Å². The topological polar surface area (TPSA) is 55.4 Å². The van der Waals surface area contributed by atoms with Gasteiger partial charge in [0.15, 0.2) is 0 Å². The van der Waals surface area contributed by atoms with Gasteiger partial charge in [-0.15, -0.1) is 0 Å². The number of rotatable bonds is 3. The number of ether oxygens (including phenoxy) is 1. The lowest BCUT2D eigenvalue weighted by molar-refractivity contribution is 0.0520. The second-order valence-corrected chi connectivity index (χ2v) is 5.61. The van der Waals surface area contributed by atoms with Crippen molar-refractivity contribution in [2.24, 2.45) is 0 Å². The van der Waals surface area contributed by atoms with Crippen molar-refractivity contribution in [3.05, 3.63) is 0 Å². The van der Waals surface area contributed by atoms with Gasteiger partial charge in [0.2, 0.25) is 0 Å². The minimum atomic E-state index is -1.06. The van der Waals surface area contributed by atoms with Crippen LogP contribution in [0.5, 0.6) is 0 Å². The van der Waals surface area contributed by atoms with Gasteiger partial charge >= 0.3 is 6.09 Å². The zero-order valence-electron chi connectivity index (χ0n) is 9.42. The quantitative estimate of drug-likeness (QED) is 0.788. The summed E-state index contributed by atoms with van der Waals surface area (Å²) in [5.41, 5.74) is -0.516. The van der Waals surface area contributed by atoms with Gasteiger partial charge in [0.05, 0.1) is 0 Å². The van der Waals surface area contributed by atoms with E-state index >= 15 is 0 Å². The van der Waals surface area contributed by atoms with Crippen LogP contribution < -0.4 is 5.32 Å². The van der Waals surface area contributed by atoms with Gasteiger partial charge in [-0.3, -0.25) is 4.21 Å². The van der Waals surface area contributed by atoms with Gasteiger partial charge < -0.3 is 10.1 Å². The molecule has 0 bridgehead atoms. The van der Waals surface area contributed by atoms with E-state index in [-0.39, 0.29) is 5.37 Å². The molecule has 0 spiro atoms. The Hall–Kier alpha value is -0.580. The fourth-order valence-corrected chi connectivity index (χ4v) is 1.59. The van der Waals surface area contributed by atoms with E-state index in [0.717, 1.165) is 0 Å². The third-order valence-corrected chi connectivity index (χ3v) is 2.70. The third-order valence-electron chi connectivity index (χ3n) is 1.45. The molecule has 1 N–H and O–H groups in total. The first-order valence-corrected chi connectivity index (χ1v) is 6.20. The lowest BCUT2D eigenvalue weighted by Gasteiger charge is -2.22. The van der Waals surface area contributed by atoms with Crippen LogP contribution in [0.15, 0.2) is 0 Å². The maximum atomic E-state index is 11.3. The predicted octanol–water partition coefficient (Wildman–Crippen LogP) is 1.63. The molecule has 0 aliphatic heterocycles. The summed E-state index contributed by atoms with van der Waals surface area (Å²) in [6.45, 7) is 7.23. The van der Waals surface area contributed by atoms with Crippen molar-refractivity contribution in [3.8, 4) is 0 Å². The Labute approximate surface area is 87.9 Å². The third kappa shape index (κ3) is 5.96. The summed E-state index contributed by atoms with van der Waals surface area (Å²) in [4.78, 5) is 11.3. The fraction of sp³-hybridized carbons (Fsp3) is 0.889. The highest BCUT2D eigenvalue weighted by atomic mass is 32.2. The zero-order chi connectivity index (χ0) is 11.4. The van der Waals surface area contributed by atoms with Crippen LogP contribution in [0.25, 0.3) is 0 Å². The summed E-state index contributed by atoms with van der Waals surface area (Å²) < 4.78 is 16.2. The van der Waals surface area contributed by atoms with E-state index < -0.39 is 22.5 Å². The van der Waals surface area contributed by atoms with Crippen molar-refractivity contribution in [1.29, 1.82) is 0 Å². The summed E-state index contributed by atoms with van der Waals surface area (Å²) in [5.74, 6) is 0. The van der Waals surface area contributed by atoms with Gasteiger partial charge in [-0.2, -0.15) is 0 Å². The molecule has 5 heteroatoms. The first-order chi connectivity index (χ1) is 6.26. The molecule has 0 heterocycles. The SMILES string of the molecule is CCC(NC(=O)OC(C)(C)C)S(C)=O. The second kappa shape index (κ2) is 5.34. The van der Waals surface area contributed by atoms with Crippen molar-refractivity contribution in [2.75, 3.05) is 6.26 Å². The molecule has 0 saturated carbocycles. The molecule has 0 aliphatic rings. The number of hydrogen-bond donors (Lipinski definition) is 1. The summed E-state index contributed by atoms with van der Waals surface area (Å²) in [6, 6.07) is 0. The van der Waals surface area contributed by atoms with Crippen LogP contribution in [-0.4, -0.2) is 27.5 Å². The van der Waals surface area contributed by atoms with Gasteiger partial charge in [0.25, 0.3) is 0 Å². The average Bonchev–Trinajstić information content (AvgIpc) is 1.96. The fourth-order valence-electron chi connectivity index (χ4n) is 0.859. The molecule has 1 amide bonds. The van der Waals surface area contributed by atoms with E-state index in [2.05, 4.69) is 5.32 Å². The largest absolute Gasteiger partial charge is 0.444 e. The number of carbonyl (C=O) groups excluding carboxylic acids is 1. The van der Waals surface area contributed by atoms with Gasteiger partial charge in [-0.1, -0.05) is 6.92 Å². The van der Waals surface area contributed by atoms with Gasteiger partial charge in [0.1, 0.15) is 11.0 Å². The Kier molecular flexibility index (Phi) is 5.12. The van der Waals surface area contributed by atoms with E-state index in [9.17, 15) is 9.00 Å². The maximum Gasteiger partial charge on any atom is 0.408 e. The minimum Gasteiger partial charge on any atom is -0.444 e. The normalized spacial score (nSPS) is 15.8. The molecular weight excluding hydrogens is 202 g/mol. The molecule has 0 rings (SSSR count). The monoisotopic (exact) mass is 221 g/mol. The molecule has 14 heavy (non-hydrogen) atoms. The standard InChI is InChI=1S/C9H19NO3S/c1-6-7(14(5)12)10-8(11)13-9(2,3)4/h7H,6H2,1-5H3,(H,10,11). The Morgan fingerprint density at radius 1 is 1.50 bits per heavy atom. The molecule has 2 unspecified atom stereocenters. The summed E-state index contributed by atoms with van der Waals surface area (Å²) in [5, 5.41) is 2.23. The Morgan fingerprint density at radius 3 is 2.29 bits per heavy atom. The van der Waals surface area contributed by atoms with E-state index in [1.165, 1.54) is 0 Å². The highest BCUT2D eigenvalue weighted by molar-refractivity contribution is 7.84.